The molecule has 7 N–H and O–H groups in total. The highest BCUT2D eigenvalue weighted by Crippen LogP contribution is 2.27. The number of carbonyl (C=O) groups excluding carboxylic acids is 2. The fourth-order valence-electron chi connectivity index (χ4n) is 3.73. The van der Waals surface area contributed by atoms with E-state index in [2.05, 4.69) is 20.9 Å². The number of phenolic OH excluding ortho intramolecular Hbond substituents is 1. The van der Waals surface area contributed by atoms with Crippen LogP contribution in [-0.4, -0.2) is 39.2 Å². The first-order chi connectivity index (χ1) is 17.0. The Kier molecular flexibility index (Phi) is 8.87. The van der Waals surface area contributed by atoms with Crippen LogP contribution in [0.25, 0.3) is 0 Å². The van der Waals surface area contributed by atoms with Crippen LogP contribution in [0.3, 0.4) is 0 Å². The lowest BCUT2D eigenvalue weighted by Gasteiger charge is -2.28. The molecule has 190 valence electrons. The van der Waals surface area contributed by atoms with Crippen LogP contribution >= 0.6 is 11.6 Å². The number of amides is 3. The highest BCUT2D eigenvalue weighted by atomic mass is 35.5. The Labute approximate surface area is 214 Å². The summed E-state index contributed by atoms with van der Waals surface area (Å²) in [7, 11) is 0. The normalized spacial score (nSPS) is 12.1. The van der Waals surface area contributed by atoms with E-state index in [4.69, 9.17) is 17.3 Å². The molecule has 0 saturated carbocycles. The van der Waals surface area contributed by atoms with Gasteiger partial charge in [-0.15, -0.1) is 0 Å². The molecule has 9 nitrogen and oxygen atoms in total. The van der Waals surface area contributed by atoms with Crippen LogP contribution in [0.15, 0.2) is 60.8 Å². The van der Waals surface area contributed by atoms with E-state index in [1.807, 2.05) is 38.1 Å². The summed E-state index contributed by atoms with van der Waals surface area (Å²) in [4.78, 5) is 27.6. The van der Waals surface area contributed by atoms with Gasteiger partial charge in [-0.3, -0.25) is 4.79 Å². The number of nitrogens with two attached hydrogens (primary N) is 1. The van der Waals surface area contributed by atoms with E-state index in [1.165, 1.54) is 18.3 Å². The van der Waals surface area contributed by atoms with Gasteiger partial charge < -0.3 is 31.9 Å². The molecular weight excluding hydrogens is 482 g/mol. The van der Waals surface area contributed by atoms with E-state index < -0.39 is 12.1 Å². The number of anilines is 2. The average Bonchev–Trinajstić information content (AvgIpc) is 2.80. The quantitative estimate of drug-likeness (QED) is 0.228. The molecule has 0 bridgehead atoms. The molecule has 3 amide bonds. The van der Waals surface area contributed by atoms with Crippen molar-refractivity contribution in [3.63, 3.8) is 0 Å². The molecule has 2 aromatic carbocycles. The molecule has 0 fully saturated rings. The maximum atomic E-state index is 12.4. The first-order valence-electron chi connectivity index (χ1n) is 11.3. The van der Waals surface area contributed by atoms with Gasteiger partial charge in [0, 0.05) is 18.3 Å². The van der Waals surface area contributed by atoms with Crippen molar-refractivity contribution in [3.05, 3.63) is 82.5 Å². The predicted octanol–water partition coefficient (Wildman–Crippen LogP) is 3.76. The van der Waals surface area contributed by atoms with Crippen molar-refractivity contribution in [1.82, 2.24) is 10.3 Å². The van der Waals surface area contributed by atoms with Crippen LogP contribution in [0.1, 0.15) is 36.6 Å². The maximum Gasteiger partial charge on any atom is 0.316 e. The Morgan fingerprint density at radius 1 is 1.08 bits per heavy atom. The van der Waals surface area contributed by atoms with Gasteiger partial charge in [-0.2, -0.15) is 0 Å². The largest absolute Gasteiger partial charge is 0.506 e. The molecule has 0 radical (unpaired) electrons. The minimum absolute atomic E-state index is 0.131. The van der Waals surface area contributed by atoms with E-state index >= 15 is 0 Å². The summed E-state index contributed by atoms with van der Waals surface area (Å²) in [5, 5.41) is 29.4. The molecule has 0 aliphatic heterocycles. The lowest BCUT2D eigenvalue weighted by Crippen LogP contribution is -2.43. The monoisotopic (exact) mass is 511 g/mol. The van der Waals surface area contributed by atoms with Gasteiger partial charge in [0.1, 0.15) is 11.6 Å². The molecule has 0 unspecified atom stereocenters. The SMILES string of the molecule is CC(C)(Cc1cccc(CC(=O)Nc2ccc(Cl)cn2)c1)NC[C@H](O)c1ccc(O)c(NC(N)=O)c1. The average molecular weight is 512 g/mol. The van der Waals surface area contributed by atoms with Gasteiger partial charge in [-0.05, 0) is 61.2 Å². The number of carbonyl (C=O) groups is 2. The molecule has 10 heteroatoms. The van der Waals surface area contributed by atoms with Crippen LogP contribution in [0, 0.1) is 0 Å². The Hall–Kier alpha value is -3.66. The fourth-order valence-corrected chi connectivity index (χ4v) is 3.84. The van der Waals surface area contributed by atoms with Crippen molar-refractivity contribution >= 4 is 35.0 Å². The second-order valence-corrected chi connectivity index (χ2v) is 9.57. The topological polar surface area (TPSA) is 150 Å². The smallest absolute Gasteiger partial charge is 0.316 e. The van der Waals surface area contributed by atoms with Gasteiger partial charge in [-0.1, -0.05) is 41.9 Å². The molecule has 1 atom stereocenters. The minimum Gasteiger partial charge on any atom is -0.506 e. The molecule has 36 heavy (non-hydrogen) atoms. The van der Waals surface area contributed by atoms with Gasteiger partial charge >= 0.3 is 6.03 Å². The van der Waals surface area contributed by atoms with E-state index in [0.29, 0.717) is 22.8 Å². The number of pyridine rings is 1. The van der Waals surface area contributed by atoms with Gasteiger partial charge in [0.15, 0.2) is 0 Å². The molecule has 0 saturated heterocycles. The summed E-state index contributed by atoms with van der Waals surface area (Å²) in [6, 6.07) is 14.7. The van der Waals surface area contributed by atoms with Crippen molar-refractivity contribution in [3.8, 4) is 5.75 Å². The van der Waals surface area contributed by atoms with Crippen molar-refractivity contribution in [2.75, 3.05) is 17.2 Å². The second kappa shape index (κ2) is 11.9. The number of aromatic hydroxyl groups is 1. The number of aromatic nitrogens is 1. The number of primary amides is 1. The first kappa shape index (κ1) is 26.9. The zero-order chi connectivity index (χ0) is 26.3. The molecule has 1 aromatic heterocycles. The zero-order valence-electron chi connectivity index (χ0n) is 20.1. The maximum absolute atomic E-state index is 12.4. The van der Waals surface area contributed by atoms with Crippen LogP contribution in [-0.2, 0) is 17.6 Å². The molecule has 3 rings (SSSR count). The van der Waals surface area contributed by atoms with Crippen molar-refractivity contribution in [2.24, 2.45) is 5.73 Å². The molecule has 0 spiro atoms. The Morgan fingerprint density at radius 3 is 2.53 bits per heavy atom. The molecule has 0 aliphatic carbocycles. The summed E-state index contributed by atoms with van der Waals surface area (Å²) in [6.45, 7) is 4.27. The number of urea groups is 1. The summed E-state index contributed by atoms with van der Waals surface area (Å²) in [6.07, 6.45) is 1.45. The van der Waals surface area contributed by atoms with Crippen LogP contribution in [0.4, 0.5) is 16.3 Å². The molecule has 1 heterocycles. The first-order valence-corrected chi connectivity index (χ1v) is 11.7. The zero-order valence-corrected chi connectivity index (χ0v) is 20.8. The Morgan fingerprint density at radius 2 is 1.83 bits per heavy atom. The van der Waals surface area contributed by atoms with Gasteiger partial charge in [0.25, 0.3) is 0 Å². The standard InChI is InChI=1S/C26H30ClN5O4/c1-26(2,30-15-22(34)18-6-8-21(33)20(12-18)31-25(28)36)13-17-5-3-4-16(10-17)11-24(35)32-23-9-7-19(27)14-29-23/h3-10,12,14,22,30,33-34H,11,13,15H2,1-2H3,(H3,28,31,36)(H,29,32,35)/t22-/m0/s1. The van der Waals surface area contributed by atoms with Crippen LogP contribution in [0.2, 0.25) is 5.02 Å². The number of nitrogens with zero attached hydrogens (tertiary/aromatic N) is 1. The second-order valence-electron chi connectivity index (χ2n) is 9.13. The van der Waals surface area contributed by atoms with E-state index in [9.17, 15) is 19.8 Å². The third-order valence-corrected chi connectivity index (χ3v) is 5.66. The Bertz CT molecular complexity index is 1220. The summed E-state index contributed by atoms with van der Waals surface area (Å²) in [5.41, 5.74) is 7.30. The van der Waals surface area contributed by atoms with Crippen molar-refractivity contribution in [1.29, 1.82) is 0 Å². The number of nitrogens with one attached hydrogen (secondary N) is 3. The summed E-state index contributed by atoms with van der Waals surface area (Å²) >= 11 is 5.83. The van der Waals surface area contributed by atoms with E-state index in [-0.39, 0.29) is 35.8 Å². The Balaban J connectivity index is 1.57. The van der Waals surface area contributed by atoms with Crippen molar-refractivity contribution in [2.45, 2.75) is 38.3 Å². The molecule has 0 aliphatic rings. The fraction of sp³-hybridized carbons (Fsp3) is 0.269. The number of hydrogen-bond acceptors (Lipinski definition) is 6. The lowest BCUT2D eigenvalue weighted by atomic mass is 9.93. The highest BCUT2D eigenvalue weighted by molar-refractivity contribution is 6.30. The summed E-state index contributed by atoms with van der Waals surface area (Å²) < 4.78 is 0. The van der Waals surface area contributed by atoms with Gasteiger partial charge in [0.2, 0.25) is 5.91 Å². The number of phenols is 1. The van der Waals surface area contributed by atoms with Crippen LogP contribution in [0.5, 0.6) is 5.75 Å². The van der Waals surface area contributed by atoms with E-state index in [1.54, 1.807) is 18.2 Å². The van der Waals surface area contributed by atoms with Crippen LogP contribution < -0.4 is 21.7 Å². The number of aliphatic hydroxyl groups is 1. The van der Waals surface area contributed by atoms with Crippen molar-refractivity contribution < 1.29 is 19.8 Å². The van der Waals surface area contributed by atoms with Gasteiger partial charge in [0.05, 0.1) is 23.2 Å². The lowest BCUT2D eigenvalue weighted by molar-refractivity contribution is -0.115. The predicted molar refractivity (Wildman–Crippen MR) is 140 cm³/mol. The number of aliphatic hydroxyl groups excluding tert-OH is 1. The number of halogens is 1. The van der Waals surface area contributed by atoms with E-state index in [0.717, 1.165) is 11.1 Å². The third kappa shape index (κ3) is 8.23. The third-order valence-electron chi connectivity index (χ3n) is 5.43. The minimum atomic E-state index is -0.880. The highest BCUT2D eigenvalue weighted by Gasteiger charge is 2.21. The molecule has 3 aromatic rings. The number of rotatable bonds is 10. The summed E-state index contributed by atoms with van der Waals surface area (Å²) in [5.74, 6) is 0.119. The molecular formula is C26H30ClN5O4. The number of β-amino-alcohol motifs (C(OH)–C–C–N with tert-alkyl or cyclic N) is 1. The van der Waals surface area contributed by atoms with Gasteiger partial charge in [-0.25, -0.2) is 9.78 Å². The number of hydrogen-bond donors (Lipinski definition) is 6. The number of benzene rings is 2.